The largest absolute Gasteiger partial charge is 0.480 e. The van der Waals surface area contributed by atoms with Gasteiger partial charge in [-0.25, -0.2) is 4.68 Å². The quantitative estimate of drug-likeness (QED) is 0.802. The van der Waals surface area contributed by atoms with E-state index in [2.05, 4.69) is 22.6 Å². The van der Waals surface area contributed by atoms with Gasteiger partial charge in [0.05, 0.1) is 6.20 Å². The highest BCUT2D eigenvalue weighted by Gasteiger charge is 2.26. The van der Waals surface area contributed by atoms with Crippen LogP contribution >= 0.6 is 0 Å². The number of nitrogens with zero attached hydrogens (tertiary/aromatic N) is 3. The summed E-state index contributed by atoms with van der Waals surface area (Å²) < 4.78 is 1.13. The molecule has 0 bridgehead atoms. The Labute approximate surface area is 104 Å². The number of aromatic nitrogens is 3. The second-order valence-electron chi connectivity index (χ2n) is 4.68. The summed E-state index contributed by atoms with van der Waals surface area (Å²) in [7, 11) is 0. The lowest BCUT2D eigenvalue weighted by Crippen LogP contribution is -2.36. The zero-order valence-electron chi connectivity index (χ0n) is 10.2. The van der Waals surface area contributed by atoms with Crippen LogP contribution < -0.4 is 5.32 Å². The van der Waals surface area contributed by atoms with E-state index >= 15 is 0 Å². The monoisotopic (exact) mass is 252 g/mol. The highest BCUT2D eigenvalue weighted by atomic mass is 16.4. The van der Waals surface area contributed by atoms with Crippen LogP contribution in [0, 0.1) is 5.92 Å². The van der Waals surface area contributed by atoms with E-state index < -0.39 is 5.97 Å². The number of amides is 1. The number of aliphatic carboxylic acids is 1. The predicted molar refractivity (Wildman–Crippen MR) is 61.9 cm³/mol. The molecule has 1 aromatic rings. The van der Waals surface area contributed by atoms with Crippen LogP contribution in [-0.2, 0) is 11.3 Å². The van der Waals surface area contributed by atoms with Crippen molar-refractivity contribution >= 4 is 11.9 Å². The molecule has 7 heteroatoms. The molecular weight excluding hydrogens is 236 g/mol. The van der Waals surface area contributed by atoms with E-state index in [4.69, 9.17) is 5.11 Å². The van der Waals surface area contributed by atoms with Gasteiger partial charge in [0.2, 0.25) is 0 Å². The molecule has 0 aromatic carbocycles. The summed E-state index contributed by atoms with van der Waals surface area (Å²) in [5.41, 5.74) is 0.162. The third kappa shape index (κ3) is 2.85. The molecule has 1 aliphatic rings. The Bertz CT molecular complexity index is 457. The zero-order valence-corrected chi connectivity index (χ0v) is 10.2. The van der Waals surface area contributed by atoms with Gasteiger partial charge in [0, 0.05) is 6.04 Å². The van der Waals surface area contributed by atoms with Crippen LogP contribution in [-0.4, -0.2) is 38.0 Å². The topological polar surface area (TPSA) is 97.1 Å². The van der Waals surface area contributed by atoms with Crippen molar-refractivity contribution in [2.75, 3.05) is 0 Å². The smallest absolute Gasteiger partial charge is 0.325 e. The van der Waals surface area contributed by atoms with Gasteiger partial charge < -0.3 is 10.4 Å². The average Bonchev–Trinajstić information content (AvgIpc) is 2.88. The van der Waals surface area contributed by atoms with E-state index in [-0.39, 0.29) is 24.2 Å². The first-order valence-electron chi connectivity index (χ1n) is 5.99. The number of carbonyl (C=O) groups excluding carboxylic acids is 1. The van der Waals surface area contributed by atoms with Gasteiger partial charge in [0.25, 0.3) is 5.91 Å². The third-order valence-electron chi connectivity index (χ3n) is 3.25. The molecule has 7 nitrogen and oxygen atoms in total. The van der Waals surface area contributed by atoms with Gasteiger partial charge in [0.1, 0.15) is 6.54 Å². The molecule has 1 aromatic heterocycles. The van der Waals surface area contributed by atoms with Crippen molar-refractivity contribution in [2.45, 2.75) is 38.8 Å². The van der Waals surface area contributed by atoms with Crippen LogP contribution in [0.3, 0.4) is 0 Å². The Balaban J connectivity index is 1.96. The van der Waals surface area contributed by atoms with Gasteiger partial charge in [-0.1, -0.05) is 18.6 Å². The molecule has 1 aliphatic carbocycles. The molecule has 0 spiro atoms. The molecule has 98 valence electrons. The zero-order chi connectivity index (χ0) is 13.1. The first-order chi connectivity index (χ1) is 8.56. The van der Waals surface area contributed by atoms with Gasteiger partial charge in [-0.15, -0.1) is 5.10 Å². The van der Waals surface area contributed by atoms with Gasteiger partial charge in [0.15, 0.2) is 5.69 Å². The number of rotatable bonds is 4. The van der Waals surface area contributed by atoms with Gasteiger partial charge in [-0.2, -0.15) is 0 Å². The summed E-state index contributed by atoms with van der Waals surface area (Å²) >= 11 is 0. The van der Waals surface area contributed by atoms with Gasteiger partial charge >= 0.3 is 5.97 Å². The Hall–Kier alpha value is -1.92. The minimum Gasteiger partial charge on any atom is -0.480 e. The normalized spacial score (nSPS) is 22.9. The summed E-state index contributed by atoms with van der Waals surface area (Å²) in [4.78, 5) is 22.4. The lowest BCUT2D eigenvalue weighted by molar-refractivity contribution is -0.137. The standard InChI is InChI=1S/C11H16N4O3/c1-7-3-2-4-8(7)12-11(18)9-5-15(14-13-9)6-10(16)17/h5,7-8H,2-4,6H2,1H3,(H,12,18)(H,16,17). The molecule has 18 heavy (non-hydrogen) atoms. The second kappa shape index (κ2) is 5.16. The lowest BCUT2D eigenvalue weighted by Gasteiger charge is -2.15. The molecule has 0 saturated heterocycles. The van der Waals surface area contributed by atoms with Crippen molar-refractivity contribution < 1.29 is 14.7 Å². The van der Waals surface area contributed by atoms with Crippen LogP contribution in [0.1, 0.15) is 36.7 Å². The van der Waals surface area contributed by atoms with Crippen molar-refractivity contribution in [3.05, 3.63) is 11.9 Å². The highest BCUT2D eigenvalue weighted by Crippen LogP contribution is 2.24. The van der Waals surface area contributed by atoms with E-state index in [0.29, 0.717) is 5.92 Å². The first-order valence-corrected chi connectivity index (χ1v) is 5.99. The maximum absolute atomic E-state index is 11.9. The van der Waals surface area contributed by atoms with Gasteiger partial charge in [-0.3, -0.25) is 9.59 Å². The summed E-state index contributed by atoms with van der Waals surface area (Å²) in [6.07, 6.45) is 4.58. The van der Waals surface area contributed by atoms with Crippen molar-refractivity contribution in [1.29, 1.82) is 0 Å². The highest BCUT2D eigenvalue weighted by molar-refractivity contribution is 5.92. The fraction of sp³-hybridized carbons (Fsp3) is 0.636. The number of nitrogens with one attached hydrogen (secondary N) is 1. The maximum atomic E-state index is 11.9. The van der Waals surface area contributed by atoms with Crippen molar-refractivity contribution in [2.24, 2.45) is 5.92 Å². The molecule has 2 unspecified atom stereocenters. The van der Waals surface area contributed by atoms with Gasteiger partial charge in [-0.05, 0) is 18.8 Å². The molecule has 0 radical (unpaired) electrons. The average molecular weight is 252 g/mol. The van der Waals surface area contributed by atoms with Crippen molar-refractivity contribution in [3.63, 3.8) is 0 Å². The van der Waals surface area contributed by atoms with Crippen LogP contribution in [0.15, 0.2) is 6.20 Å². The SMILES string of the molecule is CC1CCCC1NC(=O)c1cn(CC(=O)O)nn1. The first kappa shape index (κ1) is 12.5. The number of hydrogen-bond acceptors (Lipinski definition) is 4. The van der Waals surface area contributed by atoms with Crippen LogP contribution in [0.5, 0.6) is 0 Å². The van der Waals surface area contributed by atoms with Crippen molar-refractivity contribution in [3.8, 4) is 0 Å². The minimum absolute atomic E-state index is 0.162. The summed E-state index contributed by atoms with van der Waals surface area (Å²) in [5.74, 6) is -0.829. The Kier molecular flexibility index (Phi) is 3.59. The van der Waals surface area contributed by atoms with Crippen LogP contribution in [0.25, 0.3) is 0 Å². The molecule has 2 atom stereocenters. The van der Waals surface area contributed by atoms with E-state index in [1.807, 2.05) is 0 Å². The Morgan fingerprint density at radius 3 is 2.94 bits per heavy atom. The molecular formula is C11H16N4O3. The van der Waals surface area contributed by atoms with E-state index in [1.165, 1.54) is 6.20 Å². The molecule has 2 N–H and O–H groups in total. The fourth-order valence-corrected chi connectivity index (χ4v) is 2.22. The van der Waals surface area contributed by atoms with Crippen LogP contribution in [0.4, 0.5) is 0 Å². The number of carboxylic acid groups (broad SMARTS) is 1. The fourth-order valence-electron chi connectivity index (χ4n) is 2.22. The maximum Gasteiger partial charge on any atom is 0.325 e. The van der Waals surface area contributed by atoms with E-state index in [1.54, 1.807) is 0 Å². The summed E-state index contributed by atoms with van der Waals surface area (Å²) in [6.45, 7) is 1.82. The predicted octanol–water partition coefficient (Wildman–Crippen LogP) is 0.281. The molecule has 2 rings (SSSR count). The Morgan fingerprint density at radius 1 is 1.56 bits per heavy atom. The third-order valence-corrected chi connectivity index (χ3v) is 3.25. The lowest BCUT2D eigenvalue weighted by atomic mass is 10.1. The molecule has 0 aliphatic heterocycles. The van der Waals surface area contributed by atoms with Crippen LogP contribution in [0.2, 0.25) is 0 Å². The molecule has 1 saturated carbocycles. The van der Waals surface area contributed by atoms with Crippen molar-refractivity contribution in [1.82, 2.24) is 20.3 Å². The summed E-state index contributed by atoms with van der Waals surface area (Å²) in [5, 5.41) is 18.8. The molecule has 1 heterocycles. The number of hydrogen-bond donors (Lipinski definition) is 2. The number of carboxylic acids is 1. The summed E-state index contributed by atoms with van der Waals surface area (Å²) in [6, 6.07) is 0.183. The second-order valence-corrected chi connectivity index (χ2v) is 4.68. The minimum atomic E-state index is -1.02. The Morgan fingerprint density at radius 2 is 2.33 bits per heavy atom. The molecule has 1 amide bonds. The van der Waals surface area contributed by atoms with E-state index in [0.717, 1.165) is 23.9 Å². The number of carbonyl (C=O) groups is 2. The van der Waals surface area contributed by atoms with E-state index in [9.17, 15) is 9.59 Å². The molecule has 1 fully saturated rings.